The van der Waals surface area contributed by atoms with Gasteiger partial charge in [-0.2, -0.15) is 0 Å². The maximum Gasteiger partial charge on any atom is 0.356 e. The SMILES string of the molecule is O=C(O)c1cn(Cc2cccc(Nc3ccc(C45CC6CC(CC(C6)C4)C5)cc3Cl)c2)cn1. The Labute approximate surface area is 198 Å². The summed E-state index contributed by atoms with van der Waals surface area (Å²) in [6, 6.07) is 14.7. The number of rotatable bonds is 6. The summed E-state index contributed by atoms with van der Waals surface area (Å²) in [4.78, 5) is 15.0. The van der Waals surface area contributed by atoms with Crippen molar-refractivity contribution < 1.29 is 9.90 Å². The monoisotopic (exact) mass is 461 g/mol. The molecule has 0 aliphatic heterocycles. The first-order valence-corrected chi connectivity index (χ1v) is 12.2. The van der Waals surface area contributed by atoms with Crippen LogP contribution in [-0.4, -0.2) is 20.6 Å². The molecule has 4 bridgehead atoms. The molecule has 0 unspecified atom stereocenters. The molecule has 33 heavy (non-hydrogen) atoms. The highest BCUT2D eigenvalue weighted by molar-refractivity contribution is 6.33. The maximum atomic E-state index is 11.1. The maximum absolute atomic E-state index is 11.1. The summed E-state index contributed by atoms with van der Waals surface area (Å²) in [6.45, 7) is 0.550. The molecule has 170 valence electrons. The van der Waals surface area contributed by atoms with Gasteiger partial charge in [0, 0.05) is 18.4 Å². The lowest BCUT2D eigenvalue weighted by Crippen LogP contribution is -2.48. The smallest absolute Gasteiger partial charge is 0.356 e. The van der Waals surface area contributed by atoms with Crippen LogP contribution in [0.3, 0.4) is 0 Å². The number of aromatic nitrogens is 2. The quantitative estimate of drug-likeness (QED) is 0.440. The molecule has 4 saturated carbocycles. The average Bonchev–Trinajstić information content (AvgIpc) is 3.23. The Morgan fingerprint density at radius 2 is 1.82 bits per heavy atom. The van der Waals surface area contributed by atoms with E-state index in [0.717, 1.165) is 39.7 Å². The first-order valence-electron chi connectivity index (χ1n) is 11.9. The average molecular weight is 462 g/mol. The molecule has 1 aromatic heterocycles. The third kappa shape index (κ3) is 3.93. The molecule has 6 heteroatoms. The van der Waals surface area contributed by atoms with Gasteiger partial charge < -0.3 is 15.0 Å². The summed E-state index contributed by atoms with van der Waals surface area (Å²) in [5, 5.41) is 13.3. The number of carboxylic acids is 1. The van der Waals surface area contributed by atoms with E-state index in [1.807, 2.05) is 18.2 Å². The first-order chi connectivity index (χ1) is 16.0. The lowest BCUT2D eigenvalue weighted by Gasteiger charge is -2.57. The Bertz CT molecular complexity index is 1180. The Balaban J connectivity index is 1.19. The molecule has 2 N–H and O–H groups in total. The van der Waals surface area contributed by atoms with Crippen LogP contribution in [-0.2, 0) is 12.0 Å². The number of carbonyl (C=O) groups is 1. The fraction of sp³-hybridized carbons (Fsp3) is 0.407. The van der Waals surface area contributed by atoms with E-state index in [-0.39, 0.29) is 5.69 Å². The molecular formula is C27H28ClN3O2. The lowest BCUT2D eigenvalue weighted by molar-refractivity contribution is -0.00518. The highest BCUT2D eigenvalue weighted by atomic mass is 35.5. The predicted molar refractivity (Wildman–Crippen MR) is 129 cm³/mol. The van der Waals surface area contributed by atoms with Gasteiger partial charge in [-0.15, -0.1) is 0 Å². The predicted octanol–water partition coefficient (Wildman–Crippen LogP) is 6.49. The van der Waals surface area contributed by atoms with Gasteiger partial charge in [-0.25, -0.2) is 9.78 Å². The van der Waals surface area contributed by atoms with Crippen LogP contribution in [0.5, 0.6) is 0 Å². The van der Waals surface area contributed by atoms with Crippen molar-refractivity contribution >= 4 is 28.9 Å². The molecule has 0 amide bonds. The minimum Gasteiger partial charge on any atom is -0.476 e. The van der Waals surface area contributed by atoms with Crippen molar-refractivity contribution in [1.29, 1.82) is 0 Å². The molecule has 0 saturated heterocycles. The van der Waals surface area contributed by atoms with E-state index in [1.54, 1.807) is 17.1 Å². The standard InChI is InChI=1S/C27H28ClN3O2/c28-23-10-21(27-11-18-6-19(12-27)8-20(7-18)13-27)4-5-24(23)30-22-3-1-2-17(9-22)14-31-15-25(26(32)33)29-16-31/h1-5,9-10,15-16,18-20,30H,6-8,11-14H2,(H,32,33). The zero-order chi connectivity index (χ0) is 22.6. The van der Waals surface area contributed by atoms with Crippen molar-refractivity contribution in [3.8, 4) is 0 Å². The minimum atomic E-state index is -1.02. The van der Waals surface area contributed by atoms with Crippen LogP contribution in [0, 0.1) is 17.8 Å². The topological polar surface area (TPSA) is 67.2 Å². The van der Waals surface area contributed by atoms with Crippen LogP contribution in [0.25, 0.3) is 0 Å². The molecule has 4 aliphatic rings. The van der Waals surface area contributed by atoms with Gasteiger partial charge in [-0.05, 0) is 97.1 Å². The Hall–Kier alpha value is -2.79. The lowest BCUT2D eigenvalue weighted by atomic mass is 9.48. The van der Waals surface area contributed by atoms with Crippen LogP contribution in [0.2, 0.25) is 5.02 Å². The van der Waals surface area contributed by atoms with Crippen LogP contribution in [0.1, 0.15) is 60.1 Å². The summed E-state index contributed by atoms with van der Waals surface area (Å²) >= 11 is 6.79. The number of nitrogens with one attached hydrogen (secondary N) is 1. The summed E-state index contributed by atoms with van der Waals surface area (Å²) in [5.74, 6) is 1.73. The fourth-order valence-corrected chi connectivity index (χ4v) is 7.31. The second kappa shape index (κ2) is 7.91. The van der Waals surface area contributed by atoms with E-state index in [1.165, 1.54) is 44.1 Å². The molecule has 7 rings (SSSR count). The summed E-state index contributed by atoms with van der Waals surface area (Å²) < 4.78 is 1.77. The van der Waals surface area contributed by atoms with Crippen molar-refractivity contribution in [2.75, 3.05) is 5.32 Å². The van der Waals surface area contributed by atoms with E-state index in [9.17, 15) is 4.79 Å². The number of anilines is 2. The number of hydrogen-bond acceptors (Lipinski definition) is 3. The molecule has 4 aliphatic carbocycles. The Morgan fingerprint density at radius 1 is 1.09 bits per heavy atom. The number of nitrogens with zero attached hydrogens (tertiary/aromatic N) is 2. The number of carboxylic acid groups (broad SMARTS) is 1. The second-order valence-corrected chi connectivity index (χ2v) is 10.9. The van der Waals surface area contributed by atoms with Gasteiger partial charge in [0.15, 0.2) is 5.69 Å². The zero-order valence-corrected chi connectivity index (χ0v) is 19.3. The van der Waals surface area contributed by atoms with Crippen LogP contribution >= 0.6 is 11.6 Å². The third-order valence-corrected chi connectivity index (χ3v) is 8.36. The molecule has 1 heterocycles. The summed E-state index contributed by atoms with van der Waals surface area (Å²) in [5.41, 5.74) is 4.75. The van der Waals surface area contributed by atoms with Crippen LogP contribution < -0.4 is 5.32 Å². The summed E-state index contributed by atoms with van der Waals surface area (Å²) in [6.07, 6.45) is 11.4. The molecule has 3 aromatic rings. The number of imidazole rings is 1. The van der Waals surface area contributed by atoms with E-state index in [0.29, 0.717) is 12.0 Å². The van der Waals surface area contributed by atoms with Gasteiger partial charge in [0.25, 0.3) is 0 Å². The normalized spacial score (nSPS) is 27.6. The van der Waals surface area contributed by atoms with Crippen LogP contribution in [0.15, 0.2) is 55.0 Å². The van der Waals surface area contributed by atoms with Crippen molar-refractivity contribution in [3.63, 3.8) is 0 Å². The van der Waals surface area contributed by atoms with Crippen molar-refractivity contribution in [2.24, 2.45) is 17.8 Å². The van der Waals surface area contributed by atoms with Crippen molar-refractivity contribution in [1.82, 2.24) is 9.55 Å². The molecule has 4 fully saturated rings. The number of hydrogen-bond donors (Lipinski definition) is 2. The molecule has 0 atom stereocenters. The van der Waals surface area contributed by atoms with Crippen molar-refractivity contribution in [3.05, 3.63) is 76.8 Å². The van der Waals surface area contributed by atoms with E-state index < -0.39 is 5.97 Å². The highest BCUT2D eigenvalue weighted by Crippen LogP contribution is 2.61. The third-order valence-electron chi connectivity index (χ3n) is 8.04. The zero-order valence-electron chi connectivity index (χ0n) is 18.5. The minimum absolute atomic E-state index is 0.0511. The molecular weight excluding hydrogens is 434 g/mol. The number of benzene rings is 2. The Kier molecular flexibility index (Phi) is 4.98. The summed E-state index contributed by atoms with van der Waals surface area (Å²) in [7, 11) is 0. The first kappa shape index (κ1) is 20.8. The number of aromatic carboxylic acids is 1. The second-order valence-electron chi connectivity index (χ2n) is 10.5. The van der Waals surface area contributed by atoms with Gasteiger partial charge >= 0.3 is 5.97 Å². The van der Waals surface area contributed by atoms with E-state index >= 15 is 0 Å². The Morgan fingerprint density at radius 3 is 2.45 bits per heavy atom. The largest absolute Gasteiger partial charge is 0.476 e. The van der Waals surface area contributed by atoms with Gasteiger partial charge in [0.05, 0.1) is 17.0 Å². The highest BCUT2D eigenvalue weighted by Gasteiger charge is 2.51. The van der Waals surface area contributed by atoms with Gasteiger partial charge in [-0.3, -0.25) is 0 Å². The molecule has 2 aromatic carbocycles. The molecule has 0 spiro atoms. The number of halogens is 1. The van der Waals surface area contributed by atoms with Gasteiger partial charge in [-0.1, -0.05) is 29.8 Å². The van der Waals surface area contributed by atoms with Crippen LogP contribution in [0.4, 0.5) is 11.4 Å². The van der Waals surface area contributed by atoms with Gasteiger partial charge in [0.2, 0.25) is 0 Å². The fourth-order valence-electron chi connectivity index (χ4n) is 7.08. The molecule has 5 nitrogen and oxygen atoms in total. The van der Waals surface area contributed by atoms with E-state index in [2.05, 4.69) is 34.6 Å². The van der Waals surface area contributed by atoms with E-state index in [4.69, 9.17) is 16.7 Å². The van der Waals surface area contributed by atoms with Gasteiger partial charge in [0.1, 0.15) is 0 Å². The molecule has 0 radical (unpaired) electrons. The van der Waals surface area contributed by atoms with Crippen molar-refractivity contribution in [2.45, 2.75) is 50.5 Å².